The first-order valence-electron chi connectivity index (χ1n) is 11.8. The molecule has 12 heteroatoms. The van der Waals surface area contributed by atoms with Gasteiger partial charge in [-0.3, -0.25) is 4.68 Å². The van der Waals surface area contributed by atoms with Gasteiger partial charge in [0.1, 0.15) is 6.61 Å². The quantitative estimate of drug-likeness (QED) is 0.529. The number of hydrogen-bond donors (Lipinski definition) is 1. The molecule has 3 heterocycles. The summed E-state index contributed by atoms with van der Waals surface area (Å²) in [4.78, 5) is 14.1. The Bertz CT molecular complexity index is 1060. The van der Waals surface area contributed by atoms with E-state index in [2.05, 4.69) is 19.2 Å². The number of carbonyl (C=O) groups is 1. The Balaban J connectivity index is 1.45. The third-order valence-electron chi connectivity index (χ3n) is 6.56. The van der Waals surface area contributed by atoms with Gasteiger partial charge in [-0.2, -0.15) is 31.4 Å². The lowest BCUT2D eigenvalue weighted by Gasteiger charge is -2.32. The van der Waals surface area contributed by atoms with E-state index in [0.29, 0.717) is 49.6 Å². The number of carbonyl (C=O) groups excluding carboxylic acids is 1. The average molecular weight is 519 g/mol. The molecular formula is C24H28F6N4O2. The van der Waals surface area contributed by atoms with Crippen molar-refractivity contribution in [2.45, 2.75) is 83.2 Å². The molecule has 1 N–H and O–H groups in total. The van der Waals surface area contributed by atoms with Crippen LogP contribution in [0.5, 0.6) is 0 Å². The number of aryl methyl sites for hydroxylation is 1. The number of rotatable bonds is 3. The molecule has 36 heavy (non-hydrogen) atoms. The molecule has 6 nitrogen and oxygen atoms in total. The van der Waals surface area contributed by atoms with E-state index in [1.807, 2.05) is 10.7 Å². The van der Waals surface area contributed by atoms with E-state index in [9.17, 15) is 31.1 Å². The summed E-state index contributed by atoms with van der Waals surface area (Å²) in [6.07, 6.45) is -8.26. The van der Waals surface area contributed by atoms with Crippen LogP contribution in [0.15, 0.2) is 24.3 Å². The lowest BCUT2D eigenvalue weighted by atomic mass is 9.86. The van der Waals surface area contributed by atoms with E-state index in [4.69, 9.17) is 9.84 Å². The number of fused-ring (bicyclic) bond motifs is 1. The number of alkyl halides is 6. The summed E-state index contributed by atoms with van der Waals surface area (Å²) in [5.41, 5.74) is -1.50. The molecule has 4 rings (SSSR count). The van der Waals surface area contributed by atoms with Gasteiger partial charge in [-0.05, 0) is 62.9 Å². The second-order valence-electron chi connectivity index (χ2n) is 9.66. The van der Waals surface area contributed by atoms with E-state index in [1.54, 1.807) is 0 Å². The third kappa shape index (κ3) is 6.13. The first-order valence-corrected chi connectivity index (χ1v) is 11.8. The van der Waals surface area contributed by atoms with Gasteiger partial charge in [0.25, 0.3) is 0 Å². The Kier molecular flexibility index (Phi) is 7.27. The summed E-state index contributed by atoms with van der Waals surface area (Å²) in [5.74, 6) is 0.291. The van der Waals surface area contributed by atoms with E-state index in [-0.39, 0.29) is 18.2 Å². The molecule has 1 fully saturated rings. The van der Waals surface area contributed by atoms with Crippen LogP contribution < -0.4 is 5.32 Å². The highest BCUT2D eigenvalue weighted by Crippen LogP contribution is 2.36. The minimum Gasteiger partial charge on any atom is -0.445 e. The van der Waals surface area contributed by atoms with Gasteiger partial charge in [0.05, 0.1) is 29.1 Å². The van der Waals surface area contributed by atoms with Crippen molar-refractivity contribution in [2.24, 2.45) is 0 Å². The smallest absolute Gasteiger partial charge is 0.416 e. The Morgan fingerprint density at radius 1 is 1.00 bits per heavy atom. The maximum atomic E-state index is 13.1. The number of nitrogens with zero attached hydrogens (tertiary/aromatic N) is 3. The Morgan fingerprint density at radius 2 is 1.61 bits per heavy atom. The second-order valence-corrected chi connectivity index (χ2v) is 9.66. The summed E-state index contributed by atoms with van der Waals surface area (Å²) in [6, 6.07) is 3.87. The topological polar surface area (TPSA) is 59.4 Å². The van der Waals surface area contributed by atoms with Crippen LogP contribution in [0, 0.1) is 0 Å². The molecule has 0 radical (unpaired) electrons. The van der Waals surface area contributed by atoms with Gasteiger partial charge < -0.3 is 15.0 Å². The summed E-state index contributed by atoms with van der Waals surface area (Å²) in [7, 11) is 0. The number of amides is 1. The van der Waals surface area contributed by atoms with Crippen molar-refractivity contribution < 1.29 is 35.9 Å². The fraction of sp³-hybridized carbons (Fsp3) is 0.583. The molecule has 198 valence electrons. The first kappa shape index (κ1) is 26.3. The largest absolute Gasteiger partial charge is 0.445 e. The van der Waals surface area contributed by atoms with E-state index >= 15 is 0 Å². The fourth-order valence-electron chi connectivity index (χ4n) is 4.99. The molecule has 0 aliphatic carbocycles. The lowest BCUT2D eigenvalue weighted by Crippen LogP contribution is -2.41. The van der Waals surface area contributed by atoms with Crippen LogP contribution in [0.3, 0.4) is 0 Å². The van der Waals surface area contributed by atoms with Crippen LogP contribution >= 0.6 is 0 Å². The van der Waals surface area contributed by atoms with E-state index in [0.717, 1.165) is 24.2 Å². The predicted octanol–water partition coefficient (Wildman–Crippen LogP) is 5.71. The molecule has 0 saturated carbocycles. The molecule has 1 aromatic carbocycles. The summed E-state index contributed by atoms with van der Waals surface area (Å²) >= 11 is 0. The maximum Gasteiger partial charge on any atom is 0.416 e. The third-order valence-corrected chi connectivity index (χ3v) is 6.56. The van der Waals surface area contributed by atoms with Crippen molar-refractivity contribution in [3.63, 3.8) is 0 Å². The fourth-order valence-corrected chi connectivity index (χ4v) is 4.99. The SMILES string of the molecule is CC1CC(c2cc3n(n2)CCCN(C(=O)OCc2cc(C(F)(F)F)cc(C(F)(F)F)c2)C3)CC(C)N1. The highest BCUT2D eigenvalue weighted by atomic mass is 19.4. The van der Waals surface area contributed by atoms with Crippen molar-refractivity contribution in [2.75, 3.05) is 6.54 Å². The number of aromatic nitrogens is 2. The molecule has 2 aliphatic heterocycles. The van der Waals surface area contributed by atoms with Gasteiger partial charge in [-0.25, -0.2) is 4.79 Å². The van der Waals surface area contributed by atoms with Crippen LogP contribution in [0.4, 0.5) is 31.1 Å². The Morgan fingerprint density at radius 3 is 2.19 bits per heavy atom. The zero-order valence-corrected chi connectivity index (χ0v) is 19.9. The molecule has 0 spiro atoms. The Hall–Kier alpha value is -2.76. The average Bonchev–Trinajstić information content (AvgIpc) is 3.07. The molecule has 2 unspecified atom stereocenters. The van der Waals surface area contributed by atoms with Gasteiger partial charge in [0, 0.05) is 31.1 Å². The first-order chi connectivity index (χ1) is 16.8. The van der Waals surface area contributed by atoms with Gasteiger partial charge in [-0.1, -0.05) is 0 Å². The van der Waals surface area contributed by atoms with Crippen LogP contribution in [0.1, 0.15) is 67.1 Å². The van der Waals surface area contributed by atoms with Gasteiger partial charge in [0.15, 0.2) is 0 Å². The molecule has 2 aromatic rings. The van der Waals surface area contributed by atoms with Crippen molar-refractivity contribution >= 4 is 6.09 Å². The normalized spacial score (nSPS) is 23.2. The van der Waals surface area contributed by atoms with Gasteiger partial charge in [-0.15, -0.1) is 0 Å². The second kappa shape index (κ2) is 9.95. The molecule has 1 saturated heterocycles. The van der Waals surface area contributed by atoms with Gasteiger partial charge >= 0.3 is 18.4 Å². The lowest BCUT2D eigenvalue weighted by molar-refractivity contribution is -0.143. The number of piperidine rings is 1. The van der Waals surface area contributed by atoms with Crippen molar-refractivity contribution in [1.82, 2.24) is 20.0 Å². The van der Waals surface area contributed by atoms with Crippen LogP contribution in [0.25, 0.3) is 0 Å². The van der Waals surface area contributed by atoms with Crippen LogP contribution in [-0.4, -0.2) is 39.4 Å². The standard InChI is InChI=1S/C24H28F6N4O2/c1-14-6-17(7-15(2)31-14)21-11-20-12-33(4-3-5-34(20)32-21)22(35)36-13-16-8-18(23(25,26)27)10-19(9-16)24(28,29)30/h8-11,14-15,17,31H,3-7,12-13H2,1-2H3. The van der Waals surface area contributed by atoms with E-state index < -0.39 is 36.2 Å². The number of benzene rings is 1. The Labute approximate surface area is 204 Å². The summed E-state index contributed by atoms with van der Waals surface area (Å²) in [5, 5.41) is 8.25. The zero-order valence-electron chi connectivity index (χ0n) is 19.9. The number of hydrogen-bond acceptors (Lipinski definition) is 4. The number of halogens is 6. The highest BCUT2D eigenvalue weighted by molar-refractivity contribution is 5.67. The maximum absolute atomic E-state index is 13.1. The zero-order chi connectivity index (χ0) is 26.3. The molecule has 1 aromatic heterocycles. The molecule has 0 bridgehead atoms. The van der Waals surface area contributed by atoms with Gasteiger partial charge in [0.2, 0.25) is 0 Å². The molecular weight excluding hydrogens is 490 g/mol. The molecule has 1 amide bonds. The molecule has 2 aliphatic rings. The van der Waals surface area contributed by atoms with Crippen molar-refractivity contribution in [1.29, 1.82) is 0 Å². The highest BCUT2D eigenvalue weighted by Gasteiger charge is 2.37. The summed E-state index contributed by atoms with van der Waals surface area (Å²) < 4.78 is 85.6. The monoisotopic (exact) mass is 518 g/mol. The van der Waals surface area contributed by atoms with Crippen molar-refractivity contribution in [3.05, 3.63) is 52.3 Å². The summed E-state index contributed by atoms with van der Waals surface area (Å²) in [6.45, 7) is 4.66. The number of nitrogens with one attached hydrogen (secondary N) is 1. The molecule has 2 atom stereocenters. The minimum atomic E-state index is -4.97. The predicted molar refractivity (Wildman–Crippen MR) is 118 cm³/mol. The number of ether oxygens (including phenoxy) is 1. The minimum absolute atomic E-state index is 0.0444. The van der Waals surface area contributed by atoms with Crippen molar-refractivity contribution in [3.8, 4) is 0 Å². The van der Waals surface area contributed by atoms with Crippen LogP contribution in [0.2, 0.25) is 0 Å². The van der Waals surface area contributed by atoms with Crippen LogP contribution in [-0.2, 0) is 36.8 Å². The van der Waals surface area contributed by atoms with E-state index in [1.165, 1.54) is 4.90 Å².